The maximum Gasteiger partial charge on any atom is 0.142 e. The van der Waals surface area contributed by atoms with Crippen LogP contribution in [0, 0.1) is 18.8 Å². The third-order valence-corrected chi connectivity index (χ3v) is 4.69. The van der Waals surface area contributed by atoms with Crippen LogP contribution in [-0.4, -0.2) is 28.8 Å². The van der Waals surface area contributed by atoms with Gasteiger partial charge in [0, 0.05) is 32.6 Å². The van der Waals surface area contributed by atoms with Gasteiger partial charge < -0.3 is 4.74 Å². The topological polar surface area (TPSA) is 44.1 Å². The van der Waals surface area contributed by atoms with E-state index in [-0.39, 0.29) is 5.92 Å². The highest BCUT2D eigenvalue weighted by atomic mass is 79.9. The van der Waals surface area contributed by atoms with Gasteiger partial charge in [0.2, 0.25) is 0 Å². The molecule has 4 nitrogen and oxygen atoms in total. The van der Waals surface area contributed by atoms with Crippen LogP contribution in [-0.2, 0) is 23.0 Å². The highest BCUT2D eigenvalue weighted by molar-refractivity contribution is 9.10. The van der Waals surface area contributed by atoms with Crippen LogP contribution in [0.2, 0.25) is 0 Å². The minimum Gasteiger partial charge on any atom is -0.381 e. The molecule has 1 fully saturated rings. The number of carbonyl (C=O) groups excluding carboxylic acids is 1. The average molecular weight is 315 g/mol. The molecule has 0 amide bonds. The number of Topliss-reactive ketones (excluding diaryl/α,β-unsaturated/α-hetero) is 1. The van der Waals surface area contributed by atoms with Crippen LogP contribution in [0.15, 0.2) is 4.47 Å². The molecule has 1 aromatic rings. The number of rotatable bonds is 3. The van der Waals surface area contributed by atoms with Crippen LogP contribution in [0.5, 0.6) is 0 Å². The standard InChI is InChI=1S/C13H19BrN2O2/c1-8-7-18-5-4-10(8)12(17)6-11-13(14)9(2)15-16(11)3/h8,10H,4-7H2,1-3H3. The van der Waals surface area contributed by atoms with Crippen LogP contribution in [0.1, 0.15) is 24.7 Å². The lowest BCUT2D eigenvalue weighted by Gasteiger charge is -2.27. The minimum atomic E-state index is 0.126. The Bertz CT molecular complexity index is 456. The molecule has 0 aliphatic carbocycles. The molecule has 0 aromatic carbocycles. The molecule has 0 N–H and O–H groups in total. The molecule has 2 heterocycles. The van der Waals surface area contributed by atoms with Crippen molar-refractivity contribution >= 4 is 21.7 Å². The number of hydrogen-bond donors (Lipinski definition) is 0. The average Bonchev–Trinajstić information content (AvgIpc) is 2.56. The van der Waals surface area contributed by atoms with Crippen molar-refractivity contribution in [2.24, 2.45) is 18.9 Å². The fourth-order valence-electron chi connectivity index (χ4n) is 2.53. The van der Waals surface area contributed by atoms with Crippen molar-refractivity contribution in [1.29, 1.82) is 0 Å². The lowest BCUT2D eigenvalue weighted by Crippen LogP contribution is -2.32. The predicted molar refractivity (Wildman–Crippen MR) is 72.4 cm³/mol. The Hall–Kier alpha value is -0.680. The number of ether oxygens (including phenoxy) is 1. The van der Waals surface area contributed by atoms with Gasteiger partial charge in [-0.2, -0.15) is 5.10 Å². The molecule has 1 saturated heterocycles. The van der Waals surface area contributed by atoms with Gasteiger partial charge in [-0.1, -0.05) is 6.92 Å². The van der Waals surface area contributed by atoms with Crippen molar-refractivity contribution in [2.75, 3.05) is 13.2 Å². The summed E-state index contributed by atoms with van der Waals surface area (Å²) in [6, 6.07) is 0. The Balaban J connectivity index is 2.11. The van der Waals surface area contributed by atoms with Crippen LogP contribution in [0.3, 0.4) is 0 Å². The Morgan fingerprint density at radius 3 is 2.89 bits per heavy atom. The molecule has 2 rings (SSSR count). The summed E-state index contributed by atoms with van der Waals surface area (Å²) in [4.78, 5) is 12.4. The summed E-state index contributed by atoms with van der Waals surface area (Å²) in [7, 11) is 1.88. The number of aryl methyl sites for hydroxylation is 2. The third kappa shape index (κ3) is 2.67. The second-order valence-electron chi connectivity index (χ2n) is 5.06. The Morgan fingerprint density at radius 1 is 1.61 bits per heavy atom. The lowest BCUT2D eigenvalue weighted by molar-refractivity contribution is -0.127. The van der Waals surface area contributed by atoms with Crippen molar-refractivity contribution in [2.45, 2.75) is 26.7 Å². The molecule has 100 valence electrons. The first kappa shape index (κ1) is 13.7. The molecular weight excluding hydrogens is 296 g/mol. The summed E-state index contributed by atoms with van der Waals surface area (Å²) in [6.07, 6.45) is 1.29. The minimum absolute atomic E-state index is 0.126. The zero-order valence-corrected chi connectivity index (χ0v) is 12.7. The van der Waals surface area contributed by atoms with Gasteiger partial charge in [0.05, 0.1) is 15.9 Å². The summed E-state index contributed by atoms with van der Waals surface area (Å²) in [5, 5.41) is 4.32. The quantitative estimate of drug-likeness (QED) is 0.859. The summed E-state index contributed by atoms with van der Waals surface area (Å²) in [5.74, 6) is 0.745. The van der Waals surface area contributed by atoms with E-state index >= 15 is 0 Å². The van der Waals surface area contributed by atoms with Crippen molar-refractivity contribution in [3.63, 3.8) is 0 Å². The summed E-state index contributed by atoms with van der Waals surface area (Å²) < 4.78 is 8.13. The second kappa shape index (κ2) is 5.53. The van der Waals surface area contributed by atoms with Gasteiger partial charge in [0.15, 0.2) is 0 Å². The smallest absolute Gasteiger partial charge is 0.142 e. The summed E-state index contributed by atoms with van der Waals surface area (Å²) in [5.41, 5.74) is 1.90. The Kier molecular flexibility index (Phi) is 4.22. The van der Waals surface area contributed by atoms with Gasteiger partial charge in [-0.3, -0.25) is 9.48 Å². The molecule has 1 aliphatic heterocycles. The maximum atomic E-state index is 12.4. The first-order valence-electron chi connectivity index (χ1n) is 6.29. The first-order chi connectivity index (χ1) is 8.50. The van der Waals surface area contributed by atoms with Gasteiger partial charge in [-0.15, -0.1) is 0 Å². The van der Waals surface area contributed by atoms with E-state index in [1.165, 1.54) is 0 Å². The van der Waals surface area contributed by atoms with Crippen molar-refractivity contribution in [3.8, 4) is 0 Å². The van der Waals surface area contributed by atoms with Gasteiger partial charge in [-0.05, 0) is 35.2 Å². The van der Waals surface area contributed by atoms with Crippen LogP contribution in [0.4, 0.5) is 0 Å². The van der Waals surface area contributed by atoms with E-state index in [0.29, 0.717) is 31.3 Å². The van der Waals surface area contributed by atoms with Gasteiger partial charge in [0.25, 0.3) is 0 Å². The van der Waals surface area contributed by atoms with E-state index in [1.54, 1.807) is 4.68 Å². The molecular formula is C13H19BrN2O2. The van der Waals surface area contributed by atoms with E-state index in [0.717, 1.165) is 22.3 Å². The van der Waals surface area contributed by atoms with Crippen molar-refractivity contribution in [3.05, 3.63) is 15.9 Å². The van der Waals surface area contributed by atoms with Crippen LogP contribution in [0.25, 0.3) is 0 Å². The summed E-state index contributed by atoms with van der Waals surface area (Å²) >= 11 is 3.51. The Labute approximate surface area is 116 Å². The Morgan fingerprint density at radius 2 is 2.33 bits per heavy atom. The molecule has 2 atom stereocenters. The van der Waals surface area contributed by atoms with E-state index in [2.05, 4.69) is 28.0 Å². The second-order valence-corrected chi connectivity index (χ2v) is 5.85. The fraction of sp³-hybridized carbons (Fsp3) is 0.692. The van der Waals surface area contributed by atoms with Gasteiger partial charge >= 0.3 is 0 Å². The molecule has 5 heteroatoms. The van der Waals surface area contributed by atoms with Crippen molar-refractivity contribution < 1.29 is 9.53 Å². The SMILES string of the molecule is Cc1nn(C)c(CC(=O)C2CCOCC2C)c1Br. The number of nitrogens with zero attached hydrogens (tertiary/aromatic N) is 2. The van der Waals surface area contributed by atoms with Crippen LogP contribution >= 0.6 is 15.9 Å². The van der Waals surface area contributed by atoms with Crippen molar-refractivity contribution in [1.82, 2.24) is 9.78 Å². The number of ketones is 1. The highest BCUT2D eigenvalue weighted by Gasteiger charge is 2.29. The van der Waals surface area contributed by atoms with E-state index < -0.39 is 0 Å². The molecule has 0 spiro atoms. The summed E-state index contributed by atoms with van der Waals surface area (Å²) in [6.45, 7) is 5.43. The number of hydrogen-bond acceptors (Lipinski definition) is 3. The lowest BCUT2D eigenvalue weighted by atomic mass is 9.84. The zero-order chi connectivity index (χ0) is 13.3. The number of halogens is 1. The van der Waals surface area contributed by atoms with Gasteiger partial charge in [0.1, 0.15) is 5.78 Å². The molecule has 0 radical (unpaired) electrons. The normalized spacial score (nSPS) is 24.2. The molecule has 0 saturated carbocycles. The van der Waals surface area contributed by atoms with E-state index in [9.17, 15) is 4.79 Å². The predicted octanol–water partition coefficient (Wildman–Crippen LogP) is 2.28. The molecule has 0 bridgehead atoms. The fourth-order valence-corrected chi connectivity index (χ4v) is 3.00. The number of aromatic nitrogens is 2. The third-order valence-electron chi connectivity index (χ3n) is 3.66. The largest absolute Gasteiger partial charge is 0.381 e. The zero-order valence-electron chi connectivity index (χ0n) is 11.1. The van der Waals surface area contributed by atoms with Crippen LogP contribution < -0.4 is 0 Å². The monoisotopic (exact) mass is 314 g/mol. The number of carbonyl (C=O) groups is 1. The van der Waals surface area contributed by atoms with E-state index in [1.807, 2.05) is 14.0 Å². The van der Waals surface area contributed by atoms with Gasteiger partial charge in [-0.25, -0.2) is 0 Å². The van der Waals surface area contributed by atoms with E-state index in [4.69, 9.17) is 4.74 Å². The molecule has 1 aliphatic rings. The molecule has 2 unspecified atom stereocenters. The molecule has 1 aromatic heterocycles. The highest BCUT2D eigenvalue weighted by Crippen LogP contribution is 2.26. The first-order valence-corrected chi connectivity index (χ1v) is 7.08. The maximum absolute atomic E-state index is 12.4. The molecule has 18 heavy (non-hydrogen) atoms.